The predicted octanol–water partition coefficient (Wildman–Crippen LogP) is 2.52. The summed E-state index contributed by atoms with van der Waals surface area (Å²) >= 11 is 0. The van der Waals surface area contributed by atoms with Crippen molar-refractivity contribution >= 4 is 0 Å². The fraction of sp³-hybridized carbons (Fsp3) is 1.00. The Labute approximate surface area is 76.1 Å². The third-order valence-electron chi connectivity index (χ3n) is 3.74. The topological polar surface area (TPSA) is 3.24 Å². The average Bonchev–Trinajstić information content (AvgIpc) is 2.82. The van der Waals surface area contributed by atoms with Crippen LogP contribution in [0.5, 0.6) is 0 Å². The molecule has 0 amide bonds. The minimum Gasteiger partial charge on any atom is -0.303 e. The summed E-state index contributed by atoms with van der Waals surface area (Å²) in [5.41, 5.74) is 0. The minimum atomic E-state index is 0.948. The van der Waals surface area contributed by atoms with Crippen molar-refractivity contribution in [1.82, 2.24) is 4.90 Å². The Morgan fingerprint density at radius 2 is 2.25 bits per heavy atom. The fourth-order valence-corrected chi connectivity index (χ4v) is 2.78. The molecule has 1 aliphatic heterocycles. The summed E-state index contributed by atoms with van der Waals surface area (Å²) in [5.74, 6) is 2.22. The lowest BCUT2D eigenvalue weighted by Gasteiger charge is -2.32. The second-order valence-corrected chi connectivity index (χ2v) is 4.64. The van der Waals surface area contributed by atoms with Gasteiger partial charge in [-0.25, -0.2) is 0 Å². The average molecular weight is 167 g/mol. The molecule has 3 atom stereocenters. The van der Waals surface area contributed by atoms with Gasteiger partial charge in [-0.1, -0.05) is 19.8 Å². The van der Waals surface area contributed by atoms with Crippen molar-refractivity contribution in [3.63, 3.8) is 0 Å². The largest absolute Gasteiger partial charge is 0.303 e. The molecule has 1 heterocycles. The first-order valence-corrected chi connectivity index (χ1v) is 5.53. The van der Waals surface area contributed by atoms with Crippen molar-refractivity contribution in [2.45, 2.75) is 45.1 Å². The summed E-state index contributed by atoms with van der Waals surface area (Å²) in [7, 11) is 2.31. The van der Waals surface area contributed by atoms with Gasteiger partial charge in [0.2, 0.25) is 0 Å². The van der Waals surface area contributed by atoms with Crippen molar-refractivity contribution in [2.24, 2.45) is 11.8 Å². The maximum atomic E-state index is 2.60. The van der Waals surface area contributed by atoms with E-state index in [9.17, 15) is 0 Å². The van der Waals surface area contributed by atoms with Crippen LogP contribution in [0.4, 0.5) is 0 Å². The molecule has 1 nitrogen and oxygen atoms in total. The summed E-state index contributed by atoms with van der Waals surface area (Å²) in [5, 5.41) is 0. The normalized spacial score (nSPS) is 41.0. The summed E-state index contributed by atoms with van der Waals surface area (Å²) in [4.78, 5) is 2.60. The van der Waals surface area contributed by atoms with Crippen LogP contribution in [0.3, 0.4) is 0 Å². The summed E-state index contributed by atoms with van der Waals surface area (Å²) < 4.78 is 0. The quantitative estimate of drug-likeness (QED) is 0.624. The Morgan fingerprint density at radius 3 is 3.00 bits per heavy atom. The Kier molecular flexibility index (Phi) is 2.40. The lowest BCUT2D eigenvalue weighted by molar-refractivity contribution is 0.161. The van der Waals surface area contributed by atoms with Crippen LogP contribution < -0.4 is 0 Å². The highest BCUT2D eigenvalue weighted by Crippen LogP contribution is 2.49. The van der Waals surface area contributed by atoms with Gasteiger partial charge in [-0.15, -0.1) is 0 Å². The molecule has 2 rings (SSSR count). The van der Waals surface area contributed by atoms with Crippen molar-refractivity contribution < 1.29 is 0 Å². The lowest BCUT2D eigenvalue weighted by Crippen LogP contribution is -2.38. The Hall–Kier alpha value is -0.0400. The maximum Gasteiger partial charge on any atom is 0.0123 e. The van der Waals surface area contributed by atoms with Gasteiger partial charge < -0.3 is 4.90 Å². The van der Waals surface area contributed by atoms with E-state index in [0.29, 0.717) is 0 Å². The van der Waals surface area contributed by atoms with Crippen molar-refractivity contribution in [3.8, 4) is 0 Å². The molecule has 12 heavy (non-hydrogen) atoms. The first kappa shape index (κ1) is 8.55. The monoisotopic (exact) mass is 167 g/mol. The van der Waals surface area contributed by atoms with Gasteiger partial charge in [0, 0.05) is 6.04 Å². The van der Waals surface area contributed by atoms with E-state index in [-0.39, 0.29) is 0 Å². The van der Waals surface area contributed by atoms with Crippen molar-refractivity contribution in [1.29, 1.82) is 0 Å². The molecule has 0 spiro atoms. The Balaban J connectivity index is 1.84. The molecule has 70 valence electrons. The van der Waals surface area contributed by atoms with Crippen molar-refractivity contribution in [3.05, 3.63) is 0 Å². The predicted molar refractivity (Wildman–Crippen MR) is 52.2 cm³/mol. The van der Waals surface area contributed by atoms with Gasteiger partial charge in [0.25, 0.3) is 0 Å². The molecule has 0 bridgehead atoms. The number of fused-ring (bicyclic) bond motifs is 1. The van der Waals surface area contributed by atoms with E-state index in [1.54, 1.807) is 6.42 Å². The smallest absolute Gasteiger partial charge is 0.0123 e. The van der Waals surface area contributed by atoms with Gasteiger partial charge in [0.05, 0.1) is 0 Å². The van der Waals surface area contributed by atoms with Crippen LogP contribution in [0.1, 0.15) is 39.0 Å². The van der Waals surface area contributed by atoms with Crippen molar-refractivity contribution in [2.75, 3.05) is 13.6 Å². The molecule has 0 radical (unpaired) electrons. The zero-order valence-corrected chi connectivity index (χ0v) is 8.42. The highest BCUT2D eigenvalue weighted by Gasteiger charge is 2.46. The van der Waals surface area contributed by atoms with E-state index in [2.05, 4.69) is 18.9 Å². The molecular formula is C11H21N. The maximum absolute atomic E-state index is 2.60. The fourth-order valence-electron chi connectivity index (χ4n) is 2.78. The number of hydrogen-bond acceptors (Lipinski definition) is 1. The third kappa shape index (κ3) is 1.52. The molecule has 0 N–H and O–H groups in total. The highest BCUT2D eigenvalue weighted by atomic mass is 15.2. The molecule has 1 aliphatic carbocycles. The molecule has 1 saturated heterocycles. The molecule has 2 aliphatic rings. The van der Waals surface area contributed by atoms with E-state index >= 15 is 0 Å². The first-order valence-electron chi connectivity index (χ1n) is 5.53. The summed E-state index contributed by atoms with van der Waals surface area (Å²) in [6.45, 7) is 3.66. The molecular weight excluding hydrogens is 146 g/mol. The molecule has 3 unspecified atom stereocenters. The van der Waals surface area contributed by atoms with Gasteiger partial charge in [-0.05, 0) is 44.7 Å². The van der Waals surface area contributed by atoms with E-state index in [4.69, 9.17) is 0 Å². The van der Waals surface area contributed by atoms with Crippen LogP contribution in [0.15, 0.2) is 0 Å². The van der Waals surface area contributed by atoms with Crippen LogP contribution in [0, 0.1) is 11.8 Å². The molecule has 0 aromatic heterocycles. The van der Waals surface area contributed by atoms with Crippen LogP contribution >= 0.6 is 0 Å². The number of rotatable bonds is 3. The lowest BCUT2D eigenvalue weighted by atomic mass is 9.98. The minimum absolute atomic E-state index is 0.948. The van der Waals surface area contributed by atoms with E-state index < -0.39 is 0 Å². The molecule has 1 heteroatoms. The molecule has 0 aromatic rings. The van der Waals surface area contributed by atoms with Crippen LogP contribution in [0.2, 0.25) is 0 Å². The number of unbranched alkanes of at least 4 members (excludes halogenated alkanes) is 1. The standard InChI is InChI=1S/C11H21N/c1-3-4-5-11-10-8-9(10)6-7-12(11)2/h9-11H,3-8H2,1-2H3. The number of likely N-dealkylation sites (tertiary alicyclic amines) is 1. The molecule has 2 fully saturated rings. The van der Waals surface area contributed by atoms with Crippen LogP contribution in [-0.4, -0.2) is 24.5 Å². The van der Waals surface area contributed by atoms with Crippen LogP contribution in [0.25, 0.3) is 0 Å². The Bertz CT molecular complexity index is 153. The van der Waals surface area contributed by atoms with E-state index in [1.165, 1.54) is 32.2 Å². The summed E-state index contributed by atoms with van der Waals surface area (Å²) in [6.07, 6.45) is 7.26. The summed E-state index contributed by atoms with van der Waals surface area (Å²) in [6, 6.07) is 0.948. The third-order valence-corrected chi connectivity index (χ3v) is 3.74. The molecule has 1 saturated carbocycles. The zero-order chi connectivity index (χ0) is 8.55. The van der Waals surface area contributed by atoms with Gasteiger partial charge in [0.1, 0.15) is 0 Å². The van der Waals surface area contributed by atoms with Gasteiger partial charge in [-0.2, -0.15) is 0 Å². The molecule has 0 aromatic carbocycles. The first-order chi connectivity index (χ1) is 5.83. The second-order valence-electron chi connectivity index (χ2n) is 4.64. The van der Waals surface area contributed by atoms with Gasteiger partial charge >= 0.3 is 0 Å². The Morgan fingerprint density at radius 1 is 1.42 bits per heavy atom. The van der Waals surface area contributed by atoms with Crippen LogP contribution in [-0.2, 0) is 0 Å². The van der Waals surface area contributed by atoms with E-state index in [1.807, 2.05) is 0 Å². The van der Waals surface area contributed by atoms with Gasteiger partial charge in [0.15, 0.2) is 0 Å². The SMILES string of the molecule is CCCCC1C2CC2CCN1C. The number of nitrogens with zero attached hydrogens (tertiary/aromatic N) is 1. The number of piperidine rings is 1. The second kappa shape index (κ2) is 3.37. The highest BCUT2D eigenvalue weighted by molar-refractivity contribution is 4.99. The zero-order valence-electron chi connectivity index (χ0n) is 8.42. The van der Waals surface area contributed by atoms with Gasteiger partial charge in [-0.3, -0.25) is 0 Å². The van der Waals surface area contributed by atoms with E-state index in [0.717, 1.165) is 17.9 Å². The number of hydrogen-bond donors (Lipinski definition) is 0.